The molecular formula is C26H26FNO4S. The standard InChI is InChI=1S/C26H26FNO4S/c27-23-21(30)10-11-22-26(23)33-25(18-4-3-5-19(29)16-18)24(32-22)17-6-8-20(9-7-17)31-15-14-28-12-1-2-13-28/h3-11,16,24-25,29-30H,1-2,12-15H2/t24-,25+/m0/s1. The maximum absolute atomic E-state index is 14.6. The molecule has 5 nitrogen and oxygen atoms in total. The van der Waals surface area contributed by atoms with Crippen LogP contribution in [-0.2, 0) is 0 Å². The molecule has 2 aliphatic heterocycles. The SMILES string of the molecule is Oc1cccc([C@H]2Sc3c(ccc(O)c3F)O[C@H]2c2ccc(OCCN3CCCC3)cc2)c1. The molecule has 0 saturated carbocycles. The minimum Gasteiger partial charge on any atom is -0.508 e. The third kappa shape index (κ3) is 4.75. The Balaban J connectivity index is 1.38. The number of benzene rings is 3. The van der Waals surface area contributed by atoms with Gasteiger partial charge in [0.15, 0.2) is 11.6 Å². The Morgan fingerprint density at radius 2 is 1.79 bits per heavy atom. The van der Waals surface area contributed by atoms with Crippen molar-refractivity contribution in [2.45, 2.75) is 29.1 Å². The number of phenolic OH excluding ortho intramolecular Hbond substituents is 2. The van der Waals surface area contributed by atoms with Gasteiger partial charge in [-0.15, -0.1) is 11.8 Å². The smallest absolute Gasteiger partial charge is 0.182 e. The highest BCUT2D eigenvalue weighted by molar-refractivity contribution is 7.99. The summed E-state index contributed by atoms with van der Waals surface area (Å²) in [6.45, 7) is 3.88. The van der Waals surface area contributed by atoms with Crippen molar-refractivity contribution in [3.63, 3.8) is 0 Å². The fourth-order valence-corrected chi connectivity index (χ4v) is 5.67. The molecule has 0 spiro atoms. The summed E-state index contributed by atoms with van der Waals surface area (Å²) in [5, 5.41) is 19.5. The maximum Gasteiger partial charge on any atom is 0.182 e. The Morgan fingerprint density at radius 1 is 1.00 bits per heavy atom. The highest BCUT2D eigenvalue weighted by atomic mass is 32.2. The monoisotopic (exact) mass is 467 g/mol. The van der Waals surface area contributed by atoms with E-state index in [2.05, 4.69) is 4.90 Å². The molecule has 2 atom stereocenters. The Kier molecular flexibility index (Phi) is 6.33. The predicted molar refractivity (Wildman–Crippen MR) is 126 cm³/mol. The van der Waals surface area contributed by atoms with Crippen molar-refractivity contribution in [3.8, 4) is 23.0 Å². The Morgan fingerprint density at radius 3 is 2.55 bits per heavy atom. The molecule has 3 aromatic carbocycles. The molecule has 0 aromatic heterocycles. The van der Waals surface area contributed by atoms with Crippen LogP contribution in [0.5, 0.6) is 23.0 Å². The first-order chi connectivity index (χ1) is 16.1. The maximum atomic E-state index is 14.6. The first kappa shape index (κ1) is 21.9. The van der Waals surface area contributed by atoms with Crippen LogP contribution in [0.25, 0.3) is 0 Å². The molecule has 2 N–H and O–H groups in total. The molecule has 3 aromatic rings. The van der Waals surface area contributed by atoms with Gasteiger partial charge in [0.2, 0.25) is 0 Å². The quantitative estimate of drug-likeness (QED) is 0.487. The zero-order valence-corrected chi connectivity index (χ0v) is 18.9. The van der Waals surface area contributed by atoms with Crippen LogP contribution in [-0.4, -0.2) is 41.4 Å². The van der Waals surface area contributed by atoms with Gasteiger partial charge in [-0.25, -0.2) is 4.39 Å². The molecule has 0 bridgehead atoms. The molecule has 7 heteroatoms. The van der Waals surface area contributed by atoms with Crippen LogP contribution >= 0.6 is 11.8 Å². The van der Waals surface area contributed by atoms with Gasteiger partial charge in [-0.1, -0.05) is 24.3 Å². The zero-order valence-electron chi connectivity index (χ0n) is 18.1. The van der Waals surface area contributed by atoms with E-state index in [1.807, 2.05) is 30.3 Å². The van der Waals surface area contributed by atoms with Crippen LogP contribution < -0.4 is 9.47 Å². The van der Waals surface area contributed by atoms with Gasteiger partial charge in [-0.2, -0.15) is 0 Å². The van der Waals surface area contributed by atoms with Crippen molar-refractivity contribution < 1.29 is 24.1 Å². The van der Waals surface area contributed by atoms with Crippen molar-refractivity contribution in [1.29, 1.82) is 0 Å². The molecule has 2 aliphatic rings. The lowest BCUT2D eigenvalue weighted by Gasteiger charge is -2.34. The van der Waals surface area contributed by atoms with Crippen LogP contribution in [0.4, 0.5) is 4.39 Å². The van der Waals surface area contributed by atoms with Crippen molar-refractivity contribution in [1.82, 2.24) is 4.90 Å². The summed E-state index contributed by atoms with van der Waals surface area (Å²) in [5.74, 6) is 0.223. The number of phenols is 2. The molecule has 5 rings (SSSR count). The lowest BCUT2D eigenvalue weighted by atomic mass is 10.00. The van der Waals surface area contributed by atoms with Gasteiger partial charge in [0.1, 0.15) is 30.0 Å². The van der Waals surface area contributed by atoms with Crippen LogP contribution in [0.1, 0.15) is 35.3 Å². The summed E-state index contributed by atoms with van der Waals surface area (Å²) in [7, 11) is 0. The average molecular weight is 468 g/mol. The van der Waals surface area contributed by atoms with E-state index in [0.717, 1.165) is 36.5 Å². The normalized spacial score (nSPS) is 20.3. The van der Waals surface area contributed by atoms with Crippen molar-refractivity contribution in [2.75, 3.05) is 26.2 Å². The molecule has 0 radical (unpaired) electrons. The number of likely N-dealkylation sites (tertiary alicyclic amines) is 1. The van der Waals surface area contributed by atoms with E-state index in [-0.39, 0.29) is 15.9 Å². The number of hydrogen-bond donors (Lipinski definition) is 2. The van der Waals surface area contributed by atoms with E-state index in [4.69, 9.17) is 9.47 Å². The summed E-state index contributed by atoms with van der Waals surface area (Å²) in [6, 6.07) is 17.6. The van der Waals surface area contributed by atoms with Crippen LogP contribution in [0.3, 0.4) is 0 Å². The topological polar surface area (TPSA) is 62.2 Å². The lowest BCUT2D eigenvalue weighted by Crippen LogP contribution is -2.25. The van der Waals surface area contributed by atoms with Gasteiger partial charge >= 0.3 is 0 Å². The van der Waals surface area contributed by atoms with Gasteiger partial charge in [0.25, 0.3) is 0 Å². The Hall–Kier alpha value is -2.90. The number of hydrogen-bond acceptors (Lipinski definition) is 6. The van der Waals surface area contributed by atoms with Crippen molar-refractivity contribution >= 4 is 11.8 Å². The largest absolute Gasteiger partial charge is 0.508 e. The lowest BCUT2D eigenvalue weighted by molar-refractivity contribution is 0.187. The number of thioether (sulfide) groups is 1. The second kappa shape index (κ2) is 9.53. The second-order valence-corrected chi connectivity index (χ2v) is 9.52. The number of halogens is 1. The Bertz CT molecular complexity index is 1120. The number of nitrogens with zero attached hydrogens (tertiary/aromatic N) is 1. The highest BCUT2D eigenvalue weighted by Crippen LogP contribution is 2.55. The minimum atomic E-state index is -0.692. The van der Waals surface area contributed by atoms with Gasteiger partial charge in [-0.05, 0) is 73.5 Å². The number of aromatic hydroxyl groups is 2. The van der Waals surface area contributed by atoms with Crippen molar-refractivity contribution in [2.24, 2.45) is 0 Å². The minimum absolute atomic E-state index is 0.135. The zero-order chi connectivity index (χ0) is 22.8. The average Bonchev–Trinajstić information content (AvgIpc) is 3.35. The van der Waals surface area contributed by atoms with Gasteiger partial charge in [-0.3, -0.25) is 4.90 Å². The van der Waals surface area contributed by atoms with E-state index >= 15 is 0 Å². The first-order valence-electron chi connectivity index (χ1n) is 11.2. The van der Waals surface area contributed by atoms with E-state index in [1.54, 1.807) is 24.3 Å². The van der Waals surface area contributed by atoms with E-state index in [1.165, 1.54) is 30.7 Å². The molecule has 1 fully saturated rings. The molecule has 1 saturated heterocycles. The van der Waals surface area contributed by atoms with Crippen LogP contribution in [0.15, 0.2) is 65.6 Å². The third-order valence-electron chi connectivity index (χ3n) is 6.10. The number of ether oxygens (including phenoxy) is 2. The molecular weight excluding hydrogens is 441 g/mol. The third-order valence-corrected chi connectivity index (χ3v) is 7.49. The predicted octanol–water partition coefficient (Wildman–Crippen LogP) is 5.68. The second-order valence-electron chi connectivity index (χ2n) is 8.36. The van der Waals surface area contributed by atoms with Crippen LogP contribution in [0.2, 0.25) is 0 Å². The fraction of sp³-hybridized carbons (Fsp3) is 0.308. The summed E-state index contributed by atoms with van der Waals surface area (Å²) >= 11 is 1.29. The van der Waals surface area contributed by atoms with Gasteiger partial charge in [0, 0.05) is 6.54 Å². The van der Waals surface area contributed by atoms with Crippen LogP contribution in [0, 0.1) is 5.82 Å². The summed E-state index contributed by atoms with van der Waals surface area (Å²) in [5.41, 5.74) is 1.73. The number of rotatable bonds is 6. The molecule has 172 valence electrons. The molecule has 2 heterocycles. The first-order valence-corrected chi connectivity index (χ1v) is 12.1. The van der Waals surface area contributed by atoms with E-state index in [9.17, 15) is 14.6 Å². The summed E-state index contributed by atoms with van der Waals surface area (Å²) in [6.07, 6.45) is 2.12. The van der Waals surface area contributed by atoms with E-state index in [0.29, 0.717) is 12.4 Å². The van der Waals surface area contributed by atoms with Gasteiger partial charge < -0.3 is 19.7 Å². The Labute approximate surface area is 196 Å². The molecule has 0 unspecified atom stereocenters. The number of fused-ring (bicyclic) bond motifs is 1. The molecule has 33 heavy (non-hydrogen) atoms. The molecule has 0 aliphatic carbocycles. The molecule has 0 amide bonds. The fourth-order valence-electron chi connectivity index (χ4n) is 4.36. The van der Waals surface area contributed by atoms with E-state index < -0.39 is 17.7 Å². The summed E-state index contributed by atoms with van der Waals surface area (Å²) < 4.78 is 26.8. The van der Waals surface area contributed by atoms with Crippen molar-refractivity contribution in [3.05, 3.63) is 77.6 Å². The summed E-state index contributed by atoms with van der Waals surface area (Å²) in [4.78, 5) is 2.68. The highest BCUT2D eigenvalue weighted by Gasteiger charge is 2.35. The van der Waals surface area contributed by atoms with Gasteiger partial charge in [0.05, 0.1) is 10.1 Å².